The standard InChI is InChI=1S/C13H13NO4/c1-7-3-4-9(18-2)12-8(6-11(16)17)5-10(15)14-13(7)12/h3-5H,6H2,1-2H3,(H,14,15)(H,16,17). The average Bonchev–Trinajstić information content (AvgIpc) is 2.29. The largest absolute Gasteiger partial charge is 0.496 e. The molecule has 1 heterocycles. The fraction of sp³-hybridized carbons (Fsp3) is 0.231. The monoisotopic (exact) mass is 247 g/mol. The number of H-pyrrole nitrogens is 1. The van der Waals surface area contributed by atoms with Gasteiger partial charge < -0.3 is 14.8 Å². The summed E-state index contributed by atoms with van der Waals surface area (Å²) in [5.74, 6) is -0.423. The summed E-state index contributed by atoms with van der Waals surface area (Å²) in [4.78, 5) is 25.1. The number of carboxylic acid groups (broad SMARTS) is 1. The van der Waals surface area contributed by atoms with Gasteiger partial charge in [-0.25, -0.2) is 0 Å². The second kappa shape index (κ2) is 4.52. The van der Waals surface area contributed by atoms with Crippen LogP contribution < -0.4 is 10.3 Å². The molecular weight excluding hydrogens is 234 g/mol. The van der Waals surface area contributed by atoms with Crippen LogP contribution in [0.3, 0.4) is 0 Å². The number of methoxy groups -OCH3 is 1. The number of benzene rings is 1. The van der Waals surface area contributed by atoms with Crippen molar-refractivity contribution in [2.75, 3.05) is 7.11 Å². The fourth-order valence-corrected chi connectivity index (χ4v) is 2.03. The third-order valence-corrected chi connectivity index (χ3v) is 2.81. The number of aromatic nitrogens is 1. The minimum atomic E-state index is -0.981. The molecule has 0 fully saturated rings. The molecule has 0 spiro atoms. The third kappa shape index (κ3) is 2.07. The minimum absolute atomic E-state index is 0.208. The highest BCUT2D eigenvalue weighted by Gasteiger charge is 2.13. The Kier molecular flexibility index (Phi) is 3.06. The van der Waals surface area contributed by atoms with E-state index in [4.69, 9.17) is 9.84 Å². The Morgan fingerprint density at radius 2 is 2.17 bits per heavy atom. The Bertz CT molecular complexity index is 672. The zero-order valence-corrected chi connectivity index (χ0v) is 10.1. The summed E-state index contributed by atoms with van der Waals surface area (Å²) in [5, 5.41) is 9.55. The second-order valence-corrected chi connectivity index (χ2v) is 4.06. The molecule has 0 bridgehead atoms. The number of carbonyl (C=O) groups is 1. The molecule has 0 unspecified atom stereocenters. The number of fused-ring (bicyclic) bond motifs is 1. The van der Waals surface area contributed by atoms with Gasteiger partial charge in [0.25, 0.3) is 0 Å². The Hall–Kier alpha value is -2.30. The first kappa shape index (κ1) is 12.2. The van der Waals surface area contributed by atoms with E-state index in [0.29, 0.717) is 22.2 Å². The van der Waals surface area contributed by atoms with Crippen LogP contribution in [0.15, 0.2) is 23.0 Å². The number of aliphatic carboxylic acids is 1. The SMILES string of the molecule is COc1ccc(C)c2[nH]c(=O)cc(CC(=O)O)c12. The molecule has 0 amide bonds. The molecule has 5 nitrogen and oxygen atoms in total. The molecule has 0 aliphatic rings. The Labute approximate surface area is 103 Å². The van der Waals surface area contributed by atoms with Crippen LogP contribution in [0.25, 0.3) is 10.9 Å². The van der Waals surface area contributed by atoms with E-state index < -0.39 is 5.97 Å². The quantitative estimate of drug-likeness (QED) is 0.860. The van der Waals surface area contributed by atoms with Crippen LogP contribution in [-0.4, -0.2) is 23.2 Å². The summed E-state index contributed by atoms with van der Waals surface area (Å²) in [6, 6.07) is 4.89. The molecule has 2 rings (SSSR count). The van der Waals surface area contributed by atoms with Gasteiger partial charge in [-0.05, 0) is 24.1 Å². The topological polar surface area (TPSA) is 79.4 Å². The zero-order chi connectivity index (χ0) is 13.3. The first-order valence-electron chi connectivity index (χ1n) is 5.44. The van der Waals surface area contributed by atoms with E-state index in [2.05, 4.69) is 4.98 Å². The summed E-state index contributed by atoms with van der Waals surface area (Å²) >= 11 is 0. The molecule has 2 N–H and O–H groups in total. The van der Waals surface area contributed by atoms with Crippen LogP contribution in [-0.2, 0) is 11.2 Å². The predicted octanol–water partition coefficient (Wildman–Crippen LogP) is 1.47. The first-order valence-corrected chi connectivity index (χ1v) is 5.44. The summed E-state index contributed by atoms with van der Waals surface area (Å²) in [7, 11) is 1.51. The highest BCUT2D eigenvalue weighted by atomic mass is 16.5. The van der Waals surface area contributed by atoms with Gasteiger partial charge in [0.15, 0.2) is 0 Å². The lowest BCUT2D eigenvalue weighted by Crippen LogP contribution is -2.11. The molecule has 0 atom stereocenters. The number of pyridine rings is 1. The molecular formula is C13H13NO4. The van der Waals surface area contributed by atoms with Crippen LogP contribution in [0.4, 0.5) is 0 Å². The Balaban J connectivity index is 2.87. The van der Waals surface area contributed by atoms with Gasteiger partial charge in [-0.2, -0.15) is 0 Å². The van der Waals surface area contributed by atoms with Crippen molar-refractivity contribution in [2.45, 2.75) is 13.3 Å². The summed E-state index contributed by atoms with van der Waals surface area (Å²) in [6.07, 6.45) is -0.208. The summed E-state index contributed by atoms with van der Waals surface area (Å²) in [6.45, 7) is 1.85. The van der Waals surface area contributed by atoms with E-state index in [1.54, 1.807) is 6.07 Å². The fourth-order valence-electron chi connectivity index (χ4n) is 2.03. The molecule has 0 aliphatic carbocycles. The smallest absolute Gasteiger partial charge is 0.307 e. The lowest BCUT2D eigenvalue weighted by molar-refractivity contribution is -0.136. The number of nitrogens with one attached hydrogen (secondary N) is 1. The van der Waals surface area contributed by atoms with E-state index >= 15 is 0 Å². The van der Waals surface area contributed by atoms with Crippen LogP contribution in [0.2, 0.25) is 0 Å². The lowest BCUT2D eigenvalue weighted by atomic mass is 10.0. The number of hydrogen-bond donors (Lipinski definition) is 2. The van der Waals surface area contributed by atoms with E-state index in [1.165, 1.54) is 13.2 Å². The van der Waals surface area contributed by atoms with Crippen molar-refractivity contribution in [3.8, 4) is 5.75 Å². The number of carboxylic acids is 1. The van der Waals surface area contributed by atoms with Crippen molar-refractivity contribution in [3.05, 3.63) is 39.7 Å². The molecule has 0 aliphatic heterocycles. The molecule has 1 aromatic carbocycles. The molecule has 0 radical (unpaired) electrons. The van der Waals surface area contributed by atoms with Gasteiger partial charge in [0.1, 0.15) is 5.75 Å². The van der Waals surface area contributed by atoms with Crippen LogP contribution in [0, 0.1) is 6.92 Å². The summed E-state index contributed by atoms with van der Waals surface area (Å²) in [5.41, 5.74) is 1.64. The molecule has 2 aromatic rings. The van der Waals surface area contributed by atoms with E-state index in [1.807, 2.05) is 13.0 Å². The van der Waals surface area contributed by atoms with Crippen molar-refractivity contribution in [2.24, 2.45) is 0 Å². The van der Waals surface area contributed by atoms with Gasteiger partial charge in [0, 0.05) is 11.5 Å². The maximum atomic E-state index is 11.5. The number of rotatable bonds is 3. The number of aryl methyl sites for hydroxylation is 1. The highest BCUT2D eigenvalue weighted by Crippen LogP contribution is 2.29. The maximum absolute atomic E-state index is 11.5. The molecule has 94 valence electrons. The molecule has 5 heteroatoms. The third-order valence-electron chi connectivity index (χ3n) is 2.81. The van der Waals surface area contributed by atoms with Gasteiger partial charge in [0.2, 0.25) is 5.56 Å². The van der Waals surface area contributed by atoms with Crippen LogP contribution in [0.5, 0.6) is 5.75 Å². The van der Waals surface area contributed by atoms with Crippen molar-refractivity contribution < 1.29 is 14.6 Å². The minimum Gasteiger partial charge on any atom is -0.496 e. The Morgan fingerprint density at radius 3 is 2.78 bits per heavy atom. The first-order chi connectivity index (χ1) is 8.52. The van der Waals surface area contributed by atoms with E-state index in [-0.39, 0.29) is 12.0 Å². The van der Waals surface area contributed by atoms with Crippen molar-refractivity contribution in [1.29, 1.82) is 0 Å². The van der Waals surface area contributed by atoms with Gasteiger partial charge in [-0.1, -0.05) is 6.07 Å². The second-order valence-electron chi connectivity index (χ2n) is 4.06. The van der Waals surface area contributed by atoms with E-state index in [0.717, 1.165) is 5.56 Å². The van der Waals surface area contributed by atoms with Gasteiger partial charge in [-0.15, -0.1) is 0 Å². The van der Waals surface area contributed by atoms with Crippen LogP contribution in [0.1, 0.15) is 11.1 Å². The Morgan fingerprint density at radius 1 is 1.44 bits per heavy atom. The number of ether oxygens (including phenoxy) is 1. The van der Waals surface area contributed by atoms with Gasteiger partial charge >= 0.3 is 5.97 Å². The zero-order valence-electron chi connectivity index (χ0n) is 10.1. The molecule has 18 heavy (non-hydrogen) atoms. The predicted molar refractivity (Wildman–Crippen MR) is 67.2 cm³/mol. The summed E-state index contributed by atoms with van der Waals surface area (Å²) < 4.78 is 5.23. The molecule has 0 saturated carbocycles. The average molecular weight is 247 g/mol. The number of aromatic amines is 1. The van der Waals surface area contributed by atoms with Gasteiger partial charge in [-0.3, -0.25) is 9.59 Å². The number of hydrogen-bond acceptors (Lipinski definition) is 3. The van der Waals surface area contributed by atoms with Crippen molar-refractivity contribution >= 4 is 16.9 Å². The lowest BCUT2D eigenvalue weighted by Gasteiger charge is -2.11. The van der Waals surface area contributed by atoms with Crippen molar-refractivity contribution in [3.63, 3.8) is 0 Å². The van der Waals surface area contributed by atoms with Crippen LogP contribution >= 0.6 is 0 Å². The van der Waals surface area contributed by atoms with Crippen molar-refractivity contribution in [1.82, 2.24) is 4.98 Å². The van der Waals surface area contributed by atoms with Gasteiger partial charge in [0.05, 0.1) is 19.0 Å². The molecule has 1 aromatic heterocycles. The molecule has 0 saturated heterocycles. The maximum Gasteiger partial charge on any atom is 0.307 e. The highest BCUT2D eigenvalue weighted by molar-refractivity contribution is 5.92. The van der Waals surface area contributed by atoms with E-state index in [9.17, 15) is 9.59 Å². The normalized spacial score (nSPS) is 10.6.